The largest absolute Gasteiger partial charge is 0.459 e. The third kappa shape index (κ3) is 4.72. The predicted octanol–water partition coefficient (Wildman–Crippen LogP) is 5.34. The van der Waals surface area contributed by atoms with Crippen LogP contribution in [0.2, 0.25) is 0 Å². The van der Waals surface area contributed by atoms with Gasteiger partial charge in [-0.2, -0.15) is 13.2 Å². The highest BCUT2D eigenvalue weighted by Crippen LogP contribution is 2.27. The molecule has 4 nitrogen and oxygen atoms in total. The Kier molecular flexibility index (Phi) is 5.74. The summed E-state index contributed by atoms with van der Waals surface area (Å²) in [4.78, 5) is 14.3. The zero-order valence-corrected chi connectivity index (χ0v) is 15.5. The van der Waals surface area contributed by atoms with Crippen LogP contribution in [0.1, 0.15) is 34.6 Å². The Morgan fingerprint density at radius 1 is 1.14 bits per heavy atom. The Morgan fingerprint density at radius 2 is 1.82 bits per heavy atom. The third-order valence-corrected chi connectivity index (χ3v) is 4.49. The molecule has 0 aliphatic heterocycles. The molecule has 0 radical (unpaired) electrons. The second kappa shape index (κ2) is 8.06. The van der Waals surface area contributed by atoms with Crippen LogP contribution in [-0.2, 0) is 11.3 Å². The fraction of sp³-hybridized carbons (Fsp3) is 0.286. The molecule has 2 aromatic carbocycles. The number of fused-ring (bicyclic) bond motifs is 1. The number of hydrogen-bond donors (Lipinski definition) is 0. The highest BCUT2D eigenvalue weighted by molar-refractivity contribution is 5.94. The molecule has 28 heavy (non-hydrogen) atoms. The third-order valence-electron chi connectivity index (χ3n) is 4.49. The van der Waals surface area contributed by atoms with Crippen LogP contribution in [0.4, 0.5) is 13.2 Å². The number of nitrogens with zero attached hydrogens (tertiary/aromatic N) is 1. The van der Waals surface area contributed by atoms with Gasteiger partial charge in [-0.1, -0.05) is 30.3 Å². The van der Waals surface area contributed by atoms with Gasteiger partial charge in [0.2, 0.25) is 0 Å². The van der Waals surface area contributed by atoms with Crippen LogP contribution in [0.3, 0.4) is 0 Å². The van der Waals surface area contributed by atoms with Crippen LogP contribution >= 0.6 is 0 Å². The minimum absolute atomic E-state index is 0.167. The number of alkyl halides is 3. The van der Waals surface area contributed by atoms with E-state index >= 15 is 0 Å². The van der Waals surface area contributed by atoms with Gasteiger partial charge in [-0.15, -0.1) is 0 Å². The minimum Gasteiger partial charge on any atom is -0.459 e. The SMILES string of the molecule is CC(c1cc2ccccc2o1)N(C)C(=O)c1ccc(COCC(F)(F)F)cc1. The normalized spacial score (nSPS) is 12.9. The van der Waals surface area contributed by atoms with E-state index in [1.54, 1.807) is 36.2 Å². The van der Waals surface area contributed by atoms with Gasteiger partial charge in [0.15, 0.2) is 0 Å². The molecule has 1 amide bonds. The summed E-state index contributed by atoms with van der Waals surface area (Å²) < 4.78 is 46.8. The molecule has 148 valence electrons. The second-order valence-corrected chi connectivity index (χ2v) is 6.58. The molecule has 0 N–H and O–H groups in total. The molecule has 3 rings (SSSR count). The Bertz CT molecular complexity index is 914. The standard InChI is InChI=1S/C21H20F3NO3/c1-14(19-11-17-5-3-4-6-18(17)28-19)25(2)20(26)16-9-7-15(8-10-16)12-27-13-21(22,23)24/h3-11,14H,12-13H2,1-2H3. The maximum absolute atomic E-state index is 12.7. The van der Waals surface area contributed by atoms with Crippen molar-refractivity contribution < 1.29 is 27.1 Å². The van der Waals surface area contributed by atoms with E-state index in [4.69, 9.17) is 4.42 Å². The first-order valence-electron chi connectivity index (χ1n) is 8.73. The number of para-hydroxylation sites is 1. The van der Waals surface area contributed by atoms with Gasteiger partial charge >= 0.3 is 6.18 Å². The molecule has 0 aliphatic rings. The lowest BCUT2D eigenvalue weighted by Crippen LogP contribution is -2.29. The summed E-state index contributed by atoms with van der Waals surface area (Å²) in [5.74, 6) is 0.463. The molecule has 0 spiro atoms. The number of ether oxygens (including phenoxy) is 1. The lowest BCUT2D eigenvalue weighted by Gasteiger charge is -2.23. The smallest absolute Gasteiger partial charge is 0.411 e. The van der Waals surface area contributed by atoms with Crippen molar-refractivity contribution in [1.82, 2.24) is 4.90 Å². The number of carbonyl (C=O) groups excluding carboxylic acids is 1. The van der Waals surface area contributed by atoms with E-state index in [1.807, 2.05) is 37.3 Å². The van der Waals surface area contributed by atoms with Crippen LogP contribution in [0.5, 0.6) is 0 Å². The van der Waals surface area contributed by atoms with E-state index in [0.717, 1.165) is 11.0 Å². The van der Waals surface area contributed by atoms with E-state index in [1.165, 1.54) is 0 Å². The molecule has 1 atom stereocenters. The fourth-order valence-corrected chi connectivity index (χ4v) is 2.81. The number of furan rings is 1. The molecule has 7 heteroatoms. The van der Waals surface area contributed by atoms with Crippen LogP contribution < -0.4 is 0 Å². The van der Waals surface area contributed by atoms with E-state index in [0.29, 0.717) is 16.9 Å². The van der Waals surface area contributed by atoms with Crippen molar-refractivity contribution in [1.29, 1.82) is 0 Å². The monoisotopic (exact) mass is 391 g/mol. The van der Waals surface area contributed by atoms with Gasteiger partial charge in [-0.05, 0) is 36.8 Å². The van der Waals surface area contributed by atoms with Crippen molar-refractivity contribution in [3.63, 3.8) is 0 Å². The van der Waals surface area contributed by atoms with Gasteiger partial charge in [0, 0.05) is 18.0 Å². The average molecular weight is 391 g/mol. The van der Waals surface area contributed by atoms with E-state index in [-0.39, 0.29) is 18.6 Å². The van der Waals surface area contributed by atoms with Crippen LogP contribution in [0.25, 0.3) is 11.0 Å². The maximum Gasteiger partial charge on any atom is 0.411 e. The summed E-state index contributed by atoms with van der Waals surface area (Å²) in [6, 6.07) is 15.6. The Hall–Kier alpha value is -2.80. The first-order valence-corrected chi connectivity index (χ1v) is 8.73. The van der Waals surface area contributed by atoms with E-state index in [9.17, 15) is 18.0 Å². The molecule has 0 bridgehead atoms. The zero-order valence-electron chi connectivity index (χ0n) is 15.5. The molecular weight excluding hydrogens is 371 g/mol. The van der Waals surface area contributed by atoms with Gasteiger partial charge in [0.25, 0.3) is 5.91 Å². The van der Waals surface area contributed by atoms with Gasteiger partial charge < -0.3 is 14.1 Å². The first-order chi connectivity index (χ1) is 13.2. The molecule has 0 saturated heterocycles. The van der Waals surface area contributed by atoms with Gasteiger partial charge in [0.05, 0.1) is 12.6 Å². The van der Waals surface area contributed by atoms with E-state index < -0.39 is 12.8 Å². The molecular formula is C21H20F3NO3. The van der Waals surface area contributed by atoms with Crippen molar-refractivity contribution in [3.05, 3.63) is 71.5 Å². The quantitative estimate of drug-likeness (QED) is 0.569. The average Bonchev–Trinajstić information content (AvgIpc) is 3.10. The van der Waals surface area contributed by atoms with Crippen LogP contribution in [0, 0.1) is 0 Å². The lowest BCUT2D eigenvalue weighted by molar-refractivity contribution is -0.176. The highest BCUT2D eigenvalue weighted by Gasteiger charge is 2.27. The first kappa shape index (κ1) is 19.9. The summed E-state index contributed by atoms with van der Waals surface area (Å²) in [6.45, 7) is 0.402. The number of halogens is 3. The maximum atomic E-state index is 12.7. The molecule has 0 aliphatic carbocycles. The number of amides is 1. The zero-order chi connectivity index (χ0) is 20.3. The molecule has 3 aromatic rings. The molecule has 0 fully saturated rings. The summed E-state index contributed by atoms with van der Waals surface area (Å²) in [5.41, 5.74) is 1.76. The molecule has 1 unspecified atom stereocenters. The summed E-state index contributed by atoms with van der Waals surface area (Å²) >= 11 is 0. The van der Waals surface area contributed by atoms with Crippen molar-refractivity contribution in [2.24, 2.45) is 0 Å². The van der Waals surface area contributed by atoms with Crippen LogP contribution in [0.15, 0.2) is 59.0 Å². The number of hydrogen-bond acceptors (Lipinski definition) is 3. The summed E-state index contributed by atoms with van der Waals surface area (Å²) in [5, 5.41) is 0.966. The van der Waals surface area contributed by atoms with Gasteiger partial charge in [-0.3, -0.25) is 4.79 Å². The summed E-state index contributed by atoms with van der Waals surface area (Å²) in [7, 11) is 1.68. The second-order valence-electron chi connectivity index (χ2n) is 6.58. The molecule has 0 saturated carbocycles. The lowest BCUT2D eigenvalue weighted by atomic mass is 10.1. The molecule has 1 heterocycles. The van der Waals surface area contributed by atoms with Gasteiger partial charge in [-0.25, -0.2) is 0 Å². The van der Waals surface area contributed by atoms with Crippen molar-refractivity contribution >= 4 is 16.9 Å². The topological polar surface area (TPSA) is 42.7 Å². The Morgan fingerprint density at radius 3 is 2.46 bits per heavy atom. The number of rotatable bonds is 6. The Labute approximate surface area is 160 Å². The minimum atomic E-state index is -4.36. The summed E-state index contributed by atoms with van der Waals surface area (Å²) in [6.07, 6.45) is -4.36. The van der Waals surface area contributed by atoms with Crippen molar-refractivity contribution in [3.8, 4) is 0 Å². The highest BCUT2D eigenvalue weighted by atomic mass is 19.4. The fourth-order valence-electron chi connectivity index (χ4n) is 2.81. The number of carbonyl (C=O) groups is 1. The van der Waals surface area contributed by atoms with Gasteiger partial charge in [0.1, 0.15) is 18.0 Å². The number of benzene rings is 2. The van der Waals surface area contributed by atoms with Crippen molar-refractivity contribution in [2.75, 3.05) is 13.7 Å². The Balaban J connectivity index is 1.65. The predicted molar refractivity (Wildman–Crippen MR) is 98.9 cm³/mol. The molecule has 1 aromatic heterocycles. The van der Waals surface area contributed by atoms with E-state index in [2.05, 4.69) is 4.74 Å². The van der Waals surface area contributed by atoms with Crippen LogP contribution in [-0.4, -0.2) is 30.6 Å². The van der Waals surface area contributed by atoms with Crippen molar-refractivity contribution in [2.45, 2.75) is 25.7 Å².